The Bertz CT molecular complexity index is 712. The third kappa shape index (κ3) is 2.30. The summed E-state index contributed by atoms with van der Waals surface area (Å²) in [6.45, 7) is 5.12. The lowest BCUT2D eigenvalue weighted by Crippen LogP contribution is -2.53. The quantitative estimate of drug-likeness (QED) is 0.727. The van der Waals surface area contributed by atoms with Crippen LogP contribution in [0.2, 0.25) is 0 Å². The molecule has 0 aliphatic heterocycles. The maximum Gasteiger partial charge on any atom is 0.0543 e. The fraction of sp³-hybridized carbons (Fsp3) is 0.708. The van der Waals surface area contributed by atoms with E-state index in [9.17, 15) is 5.11 Å². The van der Waals surface area contributed by atoms with Crippen molar-refractivity contribution in [2.24, 2.45) is 34.5 Å². The maximum atomic E-state index is 10.2. The standard InChI is InChI=1S/C24H33NO/c1-23-11-9-18(26)14-17(23)5-6-19-21-8-7-20(16-4-3-13-25-15-16)24(21,2)12-10-22(19)23/h3-4,7,13,15,17-19,21-22,26H,5-6,8-12,14H2,1-2H3/t17?,18?,19-,21-,22+,23-,24+/m0/s1. The van der Waals surface area contributed by atoms with Crippen LogP contribution in [0.3, 0.4) is 0 Å². The zero-order chi connectivity index (χ0) is 17.9. The number of nitrogens with zero attached hydrogens (tertiary/aromatic N) is 1. The molecule has 4 aliphatic rings. The van der Waals surface area contributed by atoms with Gasteiger partial charge in [0.05, 0.1) is 6.10 Å². The molecule has 4 aliphatic carbocycles. The number of aromatic nitrogens is 1. The van der Waals surface area contributed by atoms with Gasteiger partial charge in [-0.15, -0.1) is 0 Å². The first-order valence-corrected chi connectivity index (χ1v) is 10.8. The lowest BCUT2D eigenvalue weighted by atomic mass is 9.44. The van der Waals surface area contributed by atoms with Crippen LogP contribution in [-0.2, 0) is 0 Å². The van der Waals surface area contributed by atoms with Gasteiger partial charge in [-0.3, -0.25) is 4.98 Å². The van der Waals surface area contributed by atoms with Gasteiger partial charge in [-0.1, -0.05) is 26.0 Å². The monoisotopic (exact) mass is 351 g/mol. The summed E-state index contributed by atoms with van der Waals surface area (Å²) in [7, 11) is 0. The highest BCUT2D eigenvalue weighted by Crippen LogP contribution is 2.67. The Balaban J connectivity index is 1.44. The third-order valence-electron chi connectivity index (χ3n) is 9.19. The number of rotatable bonds is 1. The second-order valence-electron chi connectivity index (χ2n) is 10.1. The fourth-order valence-corrected chi connectivity index (χ4v) is 7.77. The number of allylic oxidation sites excluding steroid dienone is 2. The molecule has 1 N–H and O–H groups in total. The Hall–Kier alpha value is -1.15. The summed E-state index contributed by atoms with van der Waals surface area (Å²) in [5.41, 5.74) is 3.72. The minimum absolute atomic E-state index is 0.0381. The highest BCUT2D eigenvalue weighted by Gasteiger charge is 2.58. The van der Waals surface area contributed by atoms with Crippen LogP contribution >= 0.6 is 0 Å². The molecule has 1 aromatic heterocycles. The molecule has 1 aromatic rings. The molecule has 5 rings (SSSR count). The molecule has 2 unspecified atom stereocenters. The molecule has 0 bridgehead atoms. The first-order valence-electron chi connectivity index (χ1n) is 10.8. The SMILES string of the molecule is C[C@]12CCC(O)CC1CC[C@@H]1[C@H]2CC[C@]2(C)C(c3cccnc3)=CC[C@@H]12. The van der Waals surface area contributed by atoms with E-state index in [2.05, 4.69) is 43.2 Å². The van der Waals surface area contributed by atoms with Gasteiger partial charge in [0.25, 0.3) is 0 Å². The smallest absolute Gasteiger partial charge is 0.0543 e. The Morgan fingerprint density at radius 3 is 2.77 bits per heavy atom. The molecule has 0 radical (unpaired) electrons. The molecular formula is C24H33NO. The first-order chi connectivity index (χ1) is 12.5. The summed E-state index contributed by atoms with van der Waals surface area (Å²) in [5.74, 6) is 3.30. The lowest BCUT2D eigenvalue weighted by Gasteiger charge is -2.60. The molecule has 7 atom stereocenters. The normalized spacial score (nSPS) is 47.5. The number of fused-ring (bicyclic) bond motifs is 5. The summed E-state index contributed by atoms with van der Waals surface area (Å²) in [6, 6.07) is 4.33. The van der Waals surface area contributed by atoms with Crippen molar-refractivity contribution in [1.29, 1.82) is 0 Å². The average Bonchev–Trinajstić information content (AvgIpc) is 3.00. The number of aliphatic hydroxyl groups excluding tert-OH is 1. The van der Waals surface area contributed by atoms with Crippen LogP contribution in [-0.4, -0.2) is 16.2 Å². The Kier molecular flexibility index (Phi) is 3.87. The van der Waals surface area contributed by atoms with Crippen LogP contribution in [0.4, 0.5) is 0 Å². The van der Waals surface area contributed by atoms with Gasteiger partial charge in [0, 0.05) is 12.4 Å². The van der Waals surface area contributed by atoms with Crippen molar-refractivity contribution >= 4 is 5.57 Å². The van der Waals surface area contributed by atoms with Crippen LogP contribution in [0.25, 0.3) is 5.57 Å². The molecule has 3 saturated carbocycles. The van der Waals surface area contributed by atoms with Crippen molar-refractivity contribution in [3.8, 4) is 0 Å². The average molecular weight is 352 g/mol. The predicted octanol–water partition coefficient (Wildman–Crippen LogP) is 5.48. The lowest BCUT2D eigenvalue weighted by molar-refractivity contribution is -0.115. The van der Waals surface area contributed by atoms with Crippen molar-refractivity contribution < 1.29 is 5.11 Å². The van der Waals surface area contributed by atoms with Gasteiger partial charge in [-0.25, -0.2) is 0 Å². The highest BCUT2D eigenvalue weighted by atomic mass is 16.3. The van der Waals surface area contributed by atoms with Crippen LogP contribution in [0.1, 0.15) is 70.8 Å². The molecule has 2 nitrogen and oxygen atoms in total. The van der Waals surface area contributed by atoms with Gasteiger partial charge in [-0.2, -0.15) is 0 Å². The second kappa shape index (κ2) is 5.92. The zero-order valence-corrected chi connectivity index (χ0v) is 16.3. The van der Waals surface area contributed by atoms with E-state index < -0.39 is 0 Å². The molecular weight excluding hydrogens is 318 g/mol. The van der Waals surface area contributed by atoms with E-state index in [1.54, 1.807) is 5.57 Å². The molecule has 26 heavy (non-hydrogen) atoms. The van der Waals surface area contributed by atoms with Gasteiger partial charge in [0.2, 0.25) is 0 Å². The summed E-state index contributed by atoms with van der Waals surface area (Å²) in [5, 5.41) is 10.2. The van der Waals surface area contributed by atoms with Crippen molar-refractivity contribution in [3.05, 3.63) is 36.2 Å². The number of pyridine rings is 1. The minimum Gasteiger partial charge on any atom is -0.393 e. The van der Waals surface area contributed by atoms with E-state index in [1.165, 1.54) is 44.1 Å². The van der Waals surface area contributed by atoms with E-state index in [-0.39, 0.29) is 6.10 Å². The van der Waals surface area contributed by atoms with E-state index in [0.29, 0.717) is 10.8 Å². The minimum atomic E-state index is -0.0381. The largest absolute Gasteiger partial charge is 0.393 e. The highest BCUT2D eigenvalue weighted by molar-refractivity contribution is 5.72. The van der Waals surface area contributed by atoms with Gasteiger partial charge < -0.3 is 5.11 Å². The first kappa shape index (κ1) is 17.0. The zero-order valence-electron chi connectivity index (χ0n) is 16.3. The summed E-state index contributed by atoms with van der Waals surface area (Å²) in [4.78, 5) is 4.39. The number of hydrogen-bond donors (Lipinski definition) is 1. The van der Waals surface area contributed by atoms with Gasteiger partial charge in [0.1, 0.15) is 0 Å². The van der Waals surface area contributed by atoms with E-state index in [0.717, 1.165) is 36.5 Å². The van der Waals surface area contributed by atoms with Crippen LogP contribution in [0.5, 0.6) is 0 Å². The second-order valence-corrected chi connectivity index (χ2v) is 10.1. The fourth-order valence-electron chi connectivity index (χ4n) is 7.77. The third-order valence-corrected chi connectivity index (χ3v) is 9.19. The van der Waals surface area contributed by atoms with Crippen LogP contribution in [0, 0.1) is 34.5 Å². The van der Waals surface area contributed by atoms with Crippen molar-refractivity contribution in [3.63, 3.8) is 0 Å². The van der Waals surface area contributed by atoms with Crippen molar-refractivity contribution in [2.45, 2.75) is 71.3 Å². The van der Waals surface area contributed by atoms with Crippen LogP contribution in [0.15, 0.2) is 30.6 Å². The maximum absolute atomic E-state index is 10.2. The van der Waals surface area contributed by atoms with Gasteiger partial charge >= 0.3 is 0 Å². The van der Waals surface area contributed by atoms with E-state index in [1.807, 2.05) is 6.20 Å². The molecule has 0 saturated heterocycles. The number of hydrogen-bond acceptors (Lipinski definition) is 2. The molecule has 0 aromatic carbocycles. The molecule has 2 heteroatoms. The molecule has 140 valence electrons. The molecule has 0 amide bonds. The van der Waals surface area contributed by atoms with Gasteiger partial charge in [-0.05, 0) is 103 Å². The van der Waals surface area contributed by atoms with Crippen molar-refractivity contribution in [1.82, 2.24) is 4.98 Å². The molecule has 1 heterocycles. The predicted molar refractivity (Wildman–Crippen MR) is 105 cm³/mol. The summed E-state index contributed by atoms with van der Waals surface area (Å²) in [6.07, 6.45) is 16.4. The number of aliphatic hydroxyl groups is 1. The van der Waals surface area contributed by atoms with E-state index >= 15 is 0 Å². The van der Waals surface area contributed by atoms with Crippen molar-refractivity contribution in [2.75, 3.05) is 0 Å². The summed E-state index contributed by atoms with van der Waals surface area (Å²) < 4.78 is 0. The topological polar surface area (TPSA) is 33.1 Å². The molecule has 0 spiro atoms. The Morgan fingerprint density at radius 1 is 1.08 bits per heavy atom. The van der Waals surface area contributed by atoms with Crippen LogP contribution < -0.4 is 0 Å². The van der Waals surface area contributed by atoms with E-state index in [4.69, 9.17) is 0 Å². The van der Waals surface area contributed by atoms with Gasteiger partial charge in [0.15, 0.2) is 0 Å². The Morgan fingerprint density at radius 2 is 1.96 bits per heavy atom. The molecule has 3 fully saturated rings. The Labute approximate surface area is 158 Å². The summed E-state index contributed by atoms with van der Waals surface area (Å²) >= 11 is 0.